The van der Waals surface area contributed by atoms with Crippen molar-refractivity contribution in [2.24, 2.45) is 0 Å². The lowest BCUT2D eigenvalue weighted by atomic mass is 10.3. The summed E-state index contributed by atoms with van der Waals surface area (Å²) in [7, 11) is 0. The lowest BCUT2D eigenvalue weighted by Crippen LogP contribution is -2.10. The molecule has 0 bridgehead atoms. The van der Waals surface area contributed by atoms with Crippen molar-refractivity contribution in [1.82, 2.24) is 0 Å². The Morgan fingerprint density at radius 1 is 1.35 bits per heavy atom. The van der Waals surface area contributed by atoms with Gasteiger partial charge in [0.15, 0.2) is 11.1 Å². The molecule has 0 spiro atoms. The van der Waals surface area contributed by atoms with Gasteiger partial charge in [-0.1, -0.05) is 0 Å². The third kappa shape index (κ3) is 4.43. The fourth-order valence-electron chi connectivity index (χ4n) is 1.25. The zero-order valence-corrected chi connectivity index (χ0v) is 10.0. The fraction of sp³-hybridized carbons (Fsp3) is 0.455. The molecule has 1 aliphatic rings. The molecular formula is C11H14O5S. The van der Waals surface area contributed by atoms with Gasteiger partial charge in [0.25, 0.3) is 0 Å². The molecular weight excluding hydrogens is 244 g/mol. The van der Waals surface area contributed by atoms with E-state index in [1.807, 2.05) is 0 Å². The molecule has 17 heavy (non-hydrogen) atoms. The molecule has 1 aromatic carbocycles. The van der Waals surface area contributed by atoms with Crippen LogP contribution in [0.1, 0.15) is 0 Å². The number of epoxide rings is 1. The second-order valence-electron chi connectivity index (χ2n) is 3.60. The quantitative estimate of drug-likeness (QED) is 0.450. The molecule has 0 aliphatic carbocycles. The molecule has 1 aliphatic heterocycles. The Balaban J connectivity index is 1.65. The Morgan fingerprint density at radius 2 is 2.06 bits per heavy atom. The summed E-state index contributed by atoms with van der Waals surface area (Å²) in [6.07, 6.45) is 0.272. The second-order valence-corrected chi connectivity index (χ2v) is 4.57. The summed E-state index contributed by atoms with van der Waals surface area (Å²) < 4.78 is 35.2. The second kappa shape index (κ2) is 6.11. The van der Waals surface area contributed by atoms with E-state index in [4.69, 9.17) is 18.8 Å². The normalized spacial score (nSPS) is 19.9. The van der Waals surface area contributed by atoms with Crippen LogP contribution in [0.3, 0.4) is 0 Å². The molecule has 2 rings (SSSR count). The van der Waals surface area contributed by atoms with E-state index in [2.05, 4.69) is 0 Å². The SMILES string of the molecule is O=S(O)c1ccc(OCCOCC2CO2)cc1. The molecule has 0 amide bonds. The van der Waals surface area contributed by atoms with Crippen molar-refractivity contribution in [2.45, 2.75) is 11.0 Å². The van der Waals surface area contributed by atoms with Gasteiger partial charge in [0, 0.05) is 0 Å². The predicted molar refractivity (Wildman–Crippen MR) is 61.5 cm³/mol. The Hall–Kier alpha value is -0.950. The van der Waals surface area contributed by atoms with Crippen molar-refractivity contribution >= 4 is 11.1 Å². The van der Waals surface area contributed by atoms with E-state index in [1.165, 1.54) is 0 Å². The van der Waals surface area contributed by atoms with Crippen LogP contribution in [0.25, 0.3) is 0 Å². The molecule has 2 unspecified atom stereocenters. The molecule has 6 heteroatoms. The minimum Gasteiger partial charge on any atom is -0.491 e. The first-order valence-electron chi connectivity index (χ1n) is 5.29. The number of hydrogen-bond acceptors (Lipinski definition) is 4. The lowest BCUT2D eigenvalue weighted by Gasteiger charge is -2.06. The molecule has 0 saturated carbocycles. The highest BCUT2D eigenvalue weighted by Crippen LogP contribution is 2.14. The van der Waals surface area contributed by atoms with Gasteiger partial charge >= 0.3 is 0 Å². The maximum atomic E-state index is 10.7. The average molecular weight is 258 g/mol. The van der Waals surface area contributed by atoms with Crippen molar-refractivity contribution in [3.8, 4) is 5.75 Å². The maximum Gasteiger partial charge on any atom is 0.186 e. The number of ether oxygens (including phenoxy) is 3. The standard InChI is InChI=1S/C11H14O5S/c12-17(13)11-3-1-9(2-4-11)15-6-5-14-7-10-8-16-10/h1-4,10H,5-8H2,(H,12,13). The van der Waals surface area contributed by atoms with Crippen LogP contribution in [0.2, 0.25) is 0 Å². The summed E-state index contributed by atoms with van der Waals surface area (Å²) in [6.45, 7) is 2.37. The number of hydrogen-bond donors (Lipinski definition) is 1. The first-order valence-corrected chi connectivity index (χ1v) is 6.39. The Morgan fingerprint density at radius 3 is 2.65 bits per heavy atom. The van der Waals surface area contributed by atoms with Crippen LogP contribution >= 0.6 is 0 Å². The predicted octanol–water partition coefficient (Wildman–Crippen LogP) is 1.06. The monoisotopic (exact) mass is 258 g/mol. The Bertz CT molecular complexity index is 374. The van der Waals surface area contributed by atoms with Crippen molar-refractivity contribution < 1.29 is 23.0 Å². The van der Waals surface area contributed by atoms with E-state index in [0.717, 1.165) is 6.61 Å². The minimum absolute atomic E-state index is 0.272. The van der Waals surface area contributed by atoms with Crippen molar-refractivity contribution in [3.05, 3.63) is 24.3 Å². The van der Waals surface area contributed by atoms with Crippen LogP contribution in [-0.4, -0.2) is 41.3 Å². The summed E-state index contributed by atoms with van der Waals surface area (Å²) in [6, 6.07) is 6.44. The van der Waals surface area contributed by atoms with E-state index in [0.29, 0.717) is 30.5 Å². The molecule has 94 valence electrons. The van der Waals surface area contributed by atoms with Crippen molar-refractivity contribution in [1.29, 1.82) is 0 Å². The first-order chi connectivity index (χ1) is 8.25. The highest BCUT2D eigenvalue weighted by Gasteiger charge is 2.21. The summed E-state index contributed by atoms with van der Waals surface area (Å²) >= 11 is -1.94. The maximum absolute atomic E-state index is 10.7. The fourth-order valence-corrected chi connectivity index (χ4v) is 1.62. The van der Waals surface area contributed by atoms with E-state index >= 15 is 0 Å². The van der Waals surface area contributed by atoms with E-state index in [9.17, 15) is 4.21 Å². The van der Waals surface area contributed by atoms with Crippen LogP contribution in [0, 0.1) is 0 Å². The van der Waals surface area contributed by atoms with Crippen LogP contribution in [0.5, 0.6) is 5.75 Å². The van der Waals surface area contributed by atoms with Gasteiger partial charge in [-0.25, -0.2) is 4.21 Å². The van der Waals surface area contributed by atoms with Crippen LogP contribution in [0.15, 0.2) is 29.2 Å². The topological polar surface area (TPSA) is 68.3 Å². The molecule has 5 nitrogen and oxygen atoms in total. The molecule has 1 heterocycles. The molecule has 0 radical (unpaired) electrons. The van der Waals surface area contributed by atoms with Gasteiger partial charge in [-0.05, 0) is 24.3 Å². The third-order valence-corrected chi connectivity index (χ3v) is 2.90. The molecule has 0 aromatic heterocycles. The number of benzene rings is 1. The van der Waals surface area contributed by atoms with Crippen LogP contribution in [-0.2, 0) is 20.6 Å². The molecule has 1 saturated heterocycles. The smallest absolute Gasteiger partial charge is 0.186 e. The summed E-state index contributed by atoms with van der Waals surface area (Å²) in [5.41, 5.74) is 0. The third-order valence-electron chi connectivity index (χ3n) is 2.23. The summed E-state index contributed by atoms with van der Waals surface area (Å²) in [5.74, 6) is 0.658. The van der Waals surface area contributed by atoms with Gasteiger partial charge in [-0.2, -0.15) is 0 Å². The minimum atomic E-state index is -1.94. The largest absolute Gasteiger partial charge is 0.491 e. The molecule has 1 aromatic rings. The molecule has 2 atom stereocenters. The van der Waals surface area contributed by atoms with Crippen molar-refractivity contribution in [3.63, 3.8) is 0 Å². The molecule has 1 fully saturated rings. The summed E-state index contributed by atoms with van der Waals surface area (Å²) in [5, 5.41) is 0. The lowest BCUT2D eigenvalue weighted by molar-refractivity contribution is 0.0878. The van der Waals surface area contributed by atoms with E-state index < -0.39 is 11.1 Å². The Labute approximate surface area is 102 Å². The Kier molecular flexibility index (Phi) is 4.49. The highest BCUT2D eigenvalue weighted by atomic mass is 32.2. The van der Waals surface area contributed by atoms with Gasteiger partial charge in [0.05, 0.1) is 24.7 Å². The average Bonchev–Trinajstić information content (AvgIpc) is 3.13. The zero-order chi connectivity index (χ0) is 12.1. The summed E-state index contributed by atoms with van der Waals surface area (Å²) in [4.78, 5) is 0.361. The first kappa shape index (κ1) is 12.5. The zero-order valence-electron chi connectivity index (χ0n) is 9.20. The van der Waals surface area contributed by atoms with Gasteiger partial charge in [0.2, 0.25) is 0 Å². The number of rotatable bonds is 7. The van der Waals surface area contributed by atoms with Gasteiger partial charge in [-0.15, -0.1) is 0 Å². The van der Waals surface area contributed by atoms with Gasteiger partial charge in [-0.3, -0.25) is 0 Å². The van der Waals surface area contributed by atoms with E-state index in [1.54, 1.807) is 24.3 Å². The van der Waals surface area contributed by atoms with Crippen molar-refractivity contribution in [2.75, 3.05) is 26.4 Å². The van der Waals surface area contributed by atoms with Crippen LogP contribution < -0.4 is 4.74 Å². The van der Waals surface area contributed by atoms with Gasteiger partial charge in [0.1, 0.15) is 18.5 Å². The molecule has 1 N–H and O–H groups in total. The van der Waals surface area contributed by atoms with E-state index in [-0.39, 0.29) is 6.10 Å². The van der Waals surface area contributed by atoms with Gasteiger partial charge < -0.3 is 18.8 Å². The van der Waals surface area contributed by atoms with Crippen LogP contribution in [0.4, 0.5) is 0 Å². The highest BCUT2D eigenvalue weighted by molar-refractivity contribution is 7.79.